The summed E-state index contributed by atoms with van der Waals surface area (Å²) in [5, 5.41) is 2.76. The lowest BCUT2D eigenvalue weighted by molar-refractivity contribution is -0.119. The summed E-state index contributed by atoms with van der Waals surface area (Å²) < 4.78 is 46.1. The lowest BCUT2D eigenvalue weighted by atomic mass is 10.2. The molecule has 4 aromatic rings. The molecule has 0 atom stereocenters. The van der Waals surface area contributed by atoms with Crippen molar-refractivity contribution in [3.05, 3.63) is 69.4 Å². The zero-order valence-electron chi connectivity index (χ0n) is 19.1. The first kappa shape index (κ1) is 24.9. The fourth-order valence-corrected chi connectivity index (χ4v) is 3.62. The Kier molecular flexibility index (Phi) is 7.34. The van der Waals surface area contributed by atoms with E-state index in [2.05, 4.69) is 20.3 Å². The van der Waals surface area contributed by atoms with E-state index in [-0.39, 0.29) is 70.5 Å². The standard InChI is InChI=1S/C23H20ClF2N5O5/c1-12(32)27-7-8-35-18-6-5-16(25)19(26)14(18)10-36-13-3-4-15(24)17(9-13)31-21-20(30-23(31)33)22(34-2)29-11-28-21/h3-6,9,11H,7-8,10H2,1-2H3,(H,27,32)(H,30,33). The molecule has 0 unspecified atom stereocenters. The van der Waals surface area contributed by atoms with E-state index >= 15 is 0 Å². The van der Waals surface area contributed by atoms with Gasteiger partial charge in [-0.3, -0.25) is 9.78 Å². The number of fused-ring (bicyclic) bond motifs is 1. The number of benzene rings is 2. The summed E-state index contributed by atoms with van der Waals surface area (Å²) in [4.78, 5) is 34.4. The molecule has 2 aromatic carbocycles. The Labute approximate surface area is 207 Å². The maximum absolute atomic E-state index is 14.6. The van der Waals surface area contributed by atoms with Crippen LogP contribution < -0.4 is 25.2 Å². The molecule has 0 radical (unpaired) electrons. The molecular formula is C23H20ClF2N5O5. The first-order valence-electron chi connectivity index (χ1n) is 10.6. The van der Waals surface area contributed by atoms with Gasteiger partial charge in [0.15, 0.2) is 17.3 Å². The third-order valence-electron chi connectivity index (χ3n) is 5.06. The summed E-state index contributed by atoms with van der Waals surface area (Å²) in [6, 6.07) is 6.67. The van der Waals surface area contributed by atoms with Crippen molar-refractivity contribution in [3.8, 4) is 23.1 Å². The zero-order chi connectivity index (χ0) is 25.8. The molecule has 0 aliphatic rings. The van der Waals surface area contributed by atoms with Crippen LogP contribution in [0.15, 0.2) is 41.5 Å². The van der Waals surface area contributed by atoms with E-state index in [1.165, 1.54) is 49.2 Å². The van der Waals surface area contributed by atoms with Gasteiger partial charge in [-0.25, -0.2) is 23.1 Å². The molecule has 0 spiro atoms. The van der Waals surface area contributed by atoms with E-state index in [1.807, 2.05) is 0 Å². The number of carbonyl (C=O) groups is 1. The highest BCUT2D eigenvalue weighted by Crippen LogP contribution is 2.30. The highest BCUT2D eigenvalue weighted by Gasteiger charge is 2.19. The summed E-state index contributed by atoms with van der Waals surface area (Å²) >= 11 is 6.35. The number of H-pyrrole nitrogens is 1. The molecule has 2 aromatic heterocycles. The van der Waals surface area contributed by atoms with Crippen molar-refractivity contribution in [1.82, 2.24) is 24.8 Å². The van der Waals surface area contributed by atoms with Gasteiger partial charge in [-0.1, -0.05) is 11.6 Å². The predicted octanol–water partition coefficient (Wildman–Crippen LogP) is 3.14. The number of aromatic nitrogens is 4. The molecule has 2 N–H and O–H groups in total. The molecule has 0 fully saturated rings. The monoisotopic (exact) mass is 519 g/mol. The molecule has 10 nitrogen and oxygen atoms in total. The fraction of sp³-hybridized carbons (Fsp3) is 0.217. The van der Waals surface area contributed by atoms with Crippen molar-refractivity contribution in [2.24, 2.45) is 0 Å². The van der Waals surface area contributed by atoms with Gasteiger partial charge in [0.25, 0.3) is 0 Å². The van der Waals surface area contributed by atoms with Gasteiger partial charge in [0.1, 0.15) is 36.6 Å². The number of rotatable bonds is 9. The first-order chi connectivity index (χ1) is 17.3. The van der Waals surface area contributed by atoms with Crippen molar-refractivity contribution in [3.63, 3.8) is 0 Å². The Morgan fingerprint density at radius 2 is 2.00 bits per heavy atom. The molecule has 36 heavy (non-hydrogen) atoms. The molecular weight excluding hydrogens is 500 g/mol. The zero-order valence-corrected chi connectivity index (χ0v) is 19.9. The van der Waals surface area contributed by atoms with Crippen molar-refractivity contribution in [2.45, 2.75) is 13.5 Å². The van der Waals surface area contributed by atoms with Crippen LogP contribution in [0.25, 0.3) is 16.9 Å². The molecule has 188 valence electrons. The highest BCUT2D eigenvalue weighted by atomic mass is 35.5. The Hall–Kier alpha value is -4.19. The van der Waals surface area contributed by atoms with Gasteiger partial charge >= 0.3 is 5.69 Å². The maximum Gasteiger partial charge on any atom is 0.332 e. The number of amides is 1. The largest absolute Gasteiger partial charge is 0.491 e. The summed E-state index contributed by atoms with van der Waals surface area (Å²) in [5.74, 6) is -2.00. The average Bonchev–Trinajstić information content (AvgIpc) is 3.19. The maximum atomic E-state index is 14.6. The van der Waals surface area contributed by atoms with Crippen LogP contribution in [-0.4, -0.2) is 45.7 Å². The van der Waals surface area contributed by atoms with E-state index in [0.29, 0.717) is 0 Å². The first-order valence-corrected chi connectivity index (χ1v) is 10.9. The van der Waals surface area contributed by atoms with E-state index in [0.717, 1.165) is 6.07 Å². The van der Waals surface area contributed by atoms with Gasteiger partial charge in [0.2, 0.25) is 11.8 Å². The van der Waals surface area contributed by atoms with Crippen LogP contribution in [0.5, 0.6) is 17.4 Å². The Morgan fingerprint density at radius 3 is 2.75 bits per heavy atom. The second-order valence-corrected chi connectivity index (χ2v) is 7.83. The van der Waals surface area contributed by atoms with Gasteiger partial charge < -0.3 is 19.5 Å². The molecule has 0 saturated heterocycles. The van der Waals surface area contributed by atoms with Gasteiger partial charge in [-0.05, 0) is 24.3 Å². The van der Waals surface area contributed by atoms with Crippen LogP contribution in [0.3, 0.4) is 0 Å². The van der Waals surface area contributed by atoms with Crippen LogP contribution in [0, 0.1) is 11.6 Å². The SMILES string of the molecule is COc1ncnc2c1[nH]c(=O)n2-c1cc(OCc2c(OCCNC(C)=O)ccc(F)c2F)ccc1Cl. The summed E-state index contributed by atoms with van der Waals surface area (Å²) in [6.45, 7) is 1.18. The van der Waals surface area contributed by atoms with Crippen LogP contribution in [0.2, 0.25) is 5.02 Å². The number of aromatic amines is 1. The minimum Gasteiger partial charge on any atom is -0.491 e. The summed E-state index contributed by atoms with van der Waals surface area (Å²) in [7, 11) is 1.40. The van der Waals surface area contributed by atoms with Gasteiger partial charge in [-0.15, -0.1) is 0 Å². The van der Waals surface area contributed by atoms with Crippen molar-refractivity contribution in [2.75, 3.05) is 20.3 Å². The fourth-order valence-electron chi connectivity index (χ4n) is 3.42. The number of hydrogen-bond donors (Lipinski definition) is 2. The molecule has 0 saturated carbocycles. The third kappa shape index (κ3) is 5.08. The molecule has 13 heteroatoms. The van der Waals surface area contributed by atoms with Crippen LogP contribution >= 0.6 is 11.6 Å². The van der Waals surface area contributed by atoms with E-state index in [1.54, 1.807) is 0 Å². The smallest absolute Gasteiger partial charge is 0.332 e. The summed E-state index contributed by atoms with van der Waals surface area (Å²) in [6.07, 6.45) is 1.24. The molecule has 0 bridgehead atoms. The highest BCUT2D eigenvalue weighted by molar-refractivity contribution is 6.32. The second kappa shape index (κ2) is 10.6. The number of halogens is 3. The number of methoxy groups -OCH3 is 1. The molecule has 0 aliphatic heterocycles. The normalized spacial score (nSPS) is 10.9. The molecule has 4 rings (SSSR count). The van der Waals surface area contributed by atoms with Gasteiger partial charge in [0.05, 0.1) is 29.9 Å². The van der Waals surface area contributed by atoms with E-state index in [9.17, 15) is 18.4 Å². The van der Waals surface area contributed by atoms with Gasteiger partial charge in [0, 0.05) is 13.0 Å². The number of imidazole rings is 1. The Morgan fingerprint density at radius 1 is 1.19 bits per heavy atom. The van der Waals surface area contributed by atoms with Crippen LogP contribution in [-0.2, 0) is 11.4 Å². The molecule has 2 heterocycles. The minimum atomic E-state index is -1.13. The quantitative estimate of drug-likeness (QED) is 0.326. The van der Waals surface area contributed by atoms with Gasteiger partial charge in [-0.2, -0.15) is 4.98 Å². The number of carbonyl (C=O) groups excluding carboxylic acids is 1. The van der Waals surface area contributed by atoms with Crippen LogP contribution in [0.4, 0.5) is 8.78 Å². The summed E-state index contributed by atoms with van der Waals surface area (Å²) in [5.41, 5.74) is 0.0230. The lowest BCUT2D eigenvalue weighted by Gasteiger charge is -2.15. The topological polar surface area (TPSA) is 120 Å². The molecule has 1 amide bonds. The lowest BCUT2D eigenvalue weighted by Crippen LogP contribution is -2.25. The second-order valence-electron chi connectivity index (χ2n) is 7.42. The Bertz CT molecular complexity index is 1490. The number of hydrogen-bond acceptors (Lipinski definition) is 7. The number of nitrogens with one attached hydrogen (secondary N) is 2. The number of ether oxygens (including phenoxy) is 3. The number of nitrogens with zero attached hydrogens (tertiary/aromatic N) is 3. The average molecular weight is 520 g/mol. The van der Waals surface area contributed by atoms with Crippen molar-refractivity contribution >= 4 is 28.7 Å². The van der Waals surface area contributed by atoms with Crippen molar-refractivity contribution in [1.29, 1.82) is 0 Å². The third-order valence-corrected chi connectivity index (χ3v) is 5.38. The Balaban J connectivity index is 1.62. The van der Waals surface area contributed by atoms with E-state index in [4.69, 9.17) is 25.8 Å². The molecule has 0 aliphatic carbocycles. The minimum absolute atomic E-state index is 0.0392. The van der Waals surface area contributed by atoms with Crippen molar-refractivity contribution < 1.29 is 27.8 Å². The van der Waals surface area contributed by atoms with E-state index < -0.39 is 17.3 Å². The van der Waals surface area contributed by atoms with Crippen LogP contribution in [0.1, 0.15) is 12.5 Å². The predicted molar refractivity (Wildman–Crippen MR) is 126 cm³/mol.